The first-order chi connectivity index (χ1) is 12.1. The zero-order chi connectivity index (χ0) is 18.9. The van der Waals surface area contributed by atoms with Crippen molar-refractivity contribution in [1.29, 1.82) is 0 Å². The van der Waals surface area contributed by atoms with Crippen LogP contribution in [-0.4, -0.2) is 28.8 Å². The minimum atomic E-state index is -5.68. The van der Waals surface area contributed by atoms with Crippen LogP contribution in [0.4, 0.5) is 12.6 Å². The van der Waals surface area contributed by atoms with Gasteiger partial charge in [0.05, 0.1) is 11.2 Å². The maximum atomic E-state index is 13.5. The summed E-state index contributed by atoms with van der Waals surface area (Å²) < 4.78 is 41.6. The van der Waals surface area contributed by atoms with Gasteiger partial charge in [-0.1, -0.05) is 12.1 Å². The first-order valence-corrected chi connectivity index (χ1v) is 10.0. The number of hydrogen-bond acceptors (Lipinski definition) is 3. The zero-order valence-corrected chi connectivity index (χ0v) is 15.7. The quantitative estimate of drug-likeness (QED) is 0.796. The maximum Gasteiger partial charge on any atom is 0.604 e. The Kier molecular flexibility index (Phi) is 3.87. The summed E-state index contributed by atoms with van der Waals surface area (Å²) in [5, 5.41) is 10.4. The Morgan fingerprint density at radius 1 is 1.31 bits per heavy atom. The maximum absolute atomic E-state index is 13.5. The van der Waals surface area contributed by atoms with Gasteiger partial charge in [0.2, 0.25) is 11.2 Å². The van der Waals surface area contributed by atoms with E-state index < -0.39 is 19.0 Å². The van der Waals surface area contributed by atoms with E-state index in [1.807, 2.05) is 0 Å². The number of aromatic nitrogens is 2. The number of nitrogens with zero attached hydrogens (tertiary/aromatic N) is 2. The fourth-order valence-corrected chi connectivity index (χ4v) is 5.00. The predicted octanol–water partition coefficient (Wildman–Crippen LogP) is 2.69. The third-order valence-electron chi connectivity index (χ3n) is 5.54. The van der Waals surface area contributed by atoms with Crippen LogP contribution in [0.25, 0.3) is 10.9 Å². The van der Waals surface area contributed by atoms with Gasteiger partial charge in [-0.05, 0) is 44.8 Å². The number of aryl methyl sites for hydroxylation is 1. The first-order valence-electron chi connectivity index (χ1n) is 8.59. The van der Waals surface area contributed by atoms with Crippen LogP contribution in [-0.2, 0) is 17.4 Å². The van der Waals surface area contributed by atoms with Gasteiger partial charge in [0.1, 0.15) is 5.52 Å². The van der Waals surface area contributed by atoms with Crippen LogP contribution in [0.3, 0.4) is 0 Å². The van der Waals surface area contributed by atoms with Crippen molar-refractivity contribution in [2.75, 3.05) is 13.1 Å². The van der Waals surface area contributed by atoms with Gasteiger partial charge in [0, 0.05) is 30.9 Å². The van der Waals surface area contributed by atoms with Crippen molar-refractivity contribution in [3.8, 4) is 0 Å². The molecule has 26 heavy (non-hydrogen) atoms. The molecule has 1 aliphatic carbocycles. The van der Waals surface area contributed by atoms with Crippen molar-refractivity contribution in [2.45, 2.75) is 19.4 Å². The standard InChI is InChI=1S/C17H20F3N4OP/c1-17(2,22-16(25)13-10-7-21-8-11(10)13)15-9-5-4-6-12(26(18,19)20)14(9)24(3)23-15/h4-6,10-11,13,21H,7-8H2,1-3H3/p+1. The third-order valence-corrected chi connectivity index (χ3v) is 6.45. The van der Waals surface area contributed by atoms with E-state index in [0.717, 1.165) is 19.2 Å². The largest absolute Gasteiger partial charge is 0.604 e. The average Bonchev–Trinajstić information content (AvgIpc) is 2.88. The van der Waals surface area contributed by atoms with Crippen LogP contribution in [0.15, 0.2) is 18.2 Å². The molecule has 1 aromatic carbocycles. The zero-order valence-electron chi connectivity index (χ0n) is 14.8. The molecule has 2 N–H and O–H groups in total. The number of para-hydroxylation sites is 1. The fourth-order valence-electron chi connectivity index (χ4n) is 4.24. The molecule has 0 radical (unpaired) electrons. The molecule has 0 spiro atoms. The average molecular weight is 385 g/mol. The molecule has 4 rings (SSSR count). The van der Waals surface area contributed by atoms with E-state index in [1.54, 1.807) is 19.9 Å². The molecule has 1 amide bonds. The highest BCUT2D eigenvalue weighted by molar-refractivity contribution is 7.68. The van der Waals surface area contributed by atoms with E-state index in [0.29, 0.717) is 22.9 Å². The van der Waals surface area contributed by atoms with Gasteiger partial charge < -0.3 is 10.6 Å². The molecular weight excluding hydrogens is 364 g/mol. The summed E-state index contributed by atoms with van der Waals surface area (Å²) in [5.41, 5.74) is -0.315. The number of carbonyl (C=O) groups is 1. The summed E-state index contributed by atoms with van der Waals surface area (Å²) in [7, 11) is -4.17. The topological polar surface area (TPSA) is 59.0 Å². The van der Waals surface area contributed by atoms with Crippen LogP contribution in [0.2, 0.25) is 0 Å². The number of carbonyl (C=O) groups excluding carboxylic acids is 1. The molecular formula is C17H21F3N4OP+. The van der Waals surface area contributed by atoms with Crippen molar-refractivity contribution >= 4 is 30.3 Å². The molecule has 2 aromatic rings. The van der Waals surface area contributed by atoms with E-state index in [4.69, 9.17) is 0 Å². The van der Waals surface area contributed by atoms with Gasteiger partial charge in [-0.3, -0.25) is 9.48 Å². The summed E-state index contributed by atoms with van der Waals surface area (Å²) >= 11 is 0. The van der Waals surface area contributed by atoms with E-state index in [9.17, 15) is 17.4 Å². The van der Waals surface area contributed by atoms with Gasteiger partial charge in [-0.25, -0.2) is 0 Å². The summed E-state index contributed by atoms with van der Waals surface area (Å²) in [6.45, 7) is 5.29. The highest BCUT2D eigenvalue weighted by Gasteiger charge is 2.57. The lowest BCUT2D eigenvalue weighted by Gasteiger charge is -2.25. The summed E-state index contributed by atoms with van der Waals surface area (Å²) in [4.78, 5) is 12.6. The number of rotatable bonds is 4. The highest BCUT2D eigenvalue weighted by atomic mass is 31.3. The highest BCUT2D eigenvalue weighted by Crippen LogP contribution is 2.64. The Hall–Kier alpha value is -1.66. The molecule has 9 heteroatoms. The Bertz CT molecular complexity index is 882. The molecule has 2 heterocycles. The van der Waals surface area contributed by atoms with Crippen molar-refractivity contribution in [3.63, 3.8) is 0 Å². The second-order valence-corrected chi connectivity index (χ2v) is 9.09. The Labute approximate surface area is 150 Å². The monoisotopic (exact) mass is 385 g/mol. The van der Waals surface area contributed by atoms with Crippen LogP contribution in [0, 0.1) is 17.8 Å². The summed E-state index contributed by atoms with van der Waals surface area (Å²) in [5.74, 6) is 0.729. The van der Waals surface area contributed by atoms with Crippen molar-refractivity contribution in [3.05, 3.63) is 23.9 Å². The molecule has 2 unspecified atom stereocenters. The van der Waals surface area contributed by atoms with Crippen molar-refractivity contribution < 1.29 is 17.4 Å². The molecule has 1 aromatic heterocycles. The third kappa shape index (κ3) is 2.70. The number of nitrogens with one attached hydrogen (secondary N) is 2. The molecule has 2 aliphatic rings. The second-order valence-electron chi connectivity index (χ2n) is 7.72. The normalized spacial score (nSPS) is 25.4. The summed E-state index contributed by atoms with van der Waals surface area (Å²) in [6, 6.07) is 4.15. The van der Waals surface area contributed by atoms with Crippen molar-refractivity contribution in [2.24, 2.45) is 24.8 Å². The number of amides is 1. The van der Waals surface area contributed by atoms with Crippen LogP contribution >= 0.6 is 8.19 Å². The molecule has 140 valence electrons. The summed E-state index contributed by atoms with van der Waals surface area (Å²) in [6.07, 6.45) is 0. The molecule has 0 bridgehead atoms. The van der Waals surface area contributed by atoms with Gasteiger partial charge >= 0.3 is 8.19 Å². The first kappa shape index (κ1) is 17.7. The number of fused-ring (bicyclic) bond motifs is 2. The fraction of sp³-hybridized carbons (Fsp3) is 0.529. The number of halogens is 3. The van der Waals surface area contributed by atoms with Gasteiger partial charge in [-0.2, -0.15) is 5.10 Å². The minimum absolute atomic E-state index is 0.00200. The second kappa shape index (κ2) is 5.67. The van der Waals surface area contributed by atoms with Crippen LogP contribution < -0.4 is 15.9 Å². The minimum Gasteiger partial charge on any atom is -0.345 e. The number of hydrogen-bond donors (Lipinski definition) is 2. The molecule has 5 nitrogen and oxygen atoms in total. The van der Waals surface area contributed by atoms with E-state index in [1.165, 1.54) is 17.8 Å². The Morgan fingerprint density at radius 2 is 1.96 bits per heavy atom. The SMILES string of the molecule is Cn1nc(C(C)(C)NC(=O)C2C3CNCC32)c2cccc([P+](F)(F)F)c21. The number of benzene rings is 1. The Balaban J connectivity index is 1.68. The molecule has 1 aliphatic heterocycles. The van der Waals surface area contributed by atoms with Gasteiger partial charge in [-0.15, -0.1) is 0 Å². The van der Waals surface area contributed by atoms with Crippen LogP contribution in [0.1, 0.15) is 19.5 Å². The van der Waals surface area contributed by atoms with E-state index in [-0.39, 0.29) is 17.3 Å². The lowest BCUT2D eigenvalue weighted by Crippen LogP contribution is -2.43. The molecule has 1 saturated heterocycles. The lowest BCUT2D eigenvalue weighted by molar-refractivity contribution is -0.124. The van der Waals surface area contributed by atoms with E-state index in [2.05, 4.69) is 15.7 Å². The molecule has 2 fully saturated rings. The Morgan fingerprint density at radius 3 is 2.58 bits per heavy atom. The smallest absolute Gasteiger partial charge is 0.345 e. The molecule has 2 atom stereocenters. The van der Waals surface area contributed by atoms with Crippen LogP contribution in [0.5, 0.6) is 0 Å². The van der Waals surface area contributed by atoms with Gasteiger partial charge in [0.25, 0.3) is 0 Å². The lowest BCUT2D eigenvalue weighted by atomic mass is 9.96. The van der Waals surface area contributed by atoms with E-state index >= 15 is 0 Å². The predicted molar refractivity (Wildman–Crippen MR) is 95.1 cm³/mol. The van der Waals surface area contributed by atoms with Gasteiger partial charge in [0.15, 0.2) is 0 Å². The van der Waals surface area contributed by atoms with Crippen molar-refractivity contribution in [1.82, 2.24) is 20.4 Å². The number of piperidine rings is 1. The molecule has 1 saturated carbocycles.